The number of carbonyl (C=O) groups is 1. The Morgan fingerprint density at radius 2 is 1.84 bits per heavy atom. The lowest BCUT2D eigenvalue weighted by molar-refractivity contribution is 0.0951. The predicted octanol–water partition coefficient (Wildman–Crippen LogP) is 5.32. The molecule has 32 heavy (non-hydrogen) atoms. The molecule has 5 aromatic rings. The second-order valence-corrected chi connectivity index (χ2v) is 7.51. The molecule has 2 N–H and O–H groups in total. The zero-order valence-electron chi connectivity index (χ0n) is 16.9. The fourth-order valence-electron chi connectivity index (χ4n) is 3.81. The van der Waals surface area contributed by atoms with E-state index >= 15 is 0 Å². The molecule has 0 bridgehead atoms. The van der Waals surface area contributed by atoms with Gasteiger partial charge in [-0.2, -0.15) is 10.4 Å². The van der Waals surface area contributed by atoms with Crippen LogP contribution in [0.15, 0.2) is 78.9 Å². The van der Waals surface area contributed by atoms with E-state index in [1.165, 1.54) is 12.1 Å². The fraction of sp³-hybridized carbons (Fsp3) is 0.0385. The number of benzene rings is 4. The Kier molecular flexibility index (Phi) is 4.85. The van der Waals surface area contributed by atoms with Gasteiger partial charge in [-0.15, -0.1) is 0 Å². The van der Waals surface area contributed by atoms with Gasteiger partial charge in [0.15, 0.2) is 0 Å². The molecule has 0 aliphatic rings. The van der Waals surface area contributed by atoms with Gasteiger partial charge in [-0.1, -0.05) is 42.5 Å². The number of hydrogen-bond donors (Lipinski definition) is 2. The molecule has 4 aromatic carbocycles. The highest BCUT2D eigenvalue weighted by molar-refractivity contribution is 5.97. The molecule has 0 saturated carbocycles. The van der Waals surface area contributed by atoms with Crippen molar-refractivity contribution in [3.8, 4) is 17.3 Å². The first-order valence-electron chi connectivity index (χ1n) is 10.1. The standard InChI is InChI=1S/C26H17FN4O/c27-23-12-17(15-29-26(32)21-7-3-4-16(10-21)14-28)11-22-24(30-31-25(22)23)20-9-8-18-5-1-2-6-19(18)13-20/h1-13H,15H2,(H,29,32)(H,30,31). The van der Waals surface area contributed by atoms with Gasteiger partial charge in [0.2, 0.25) is 0 Å². The average Bonchev–Trinajstić information content (AvgIpc) is 3.27. The molecule has 0 aliphatic heterocycles. The van der Waals surface area contributed by atoms with Gasteiger partial charge in [0.25, 0.3) is 5.91 Å². The molecular formula is C26H17FN4O. The number of H-pyrrole nitrogens is 1. The number of aromatic nitrogens is 2. The first-order chi connectivity index (χ1) is 15.6. The second-order valence-electron chi connectivity index (χ2n) is 7.51. The van der Waals surface area contributed by atoms with Crippen LogP contribution in [0.25, 0.3) is 32.9 Å². The van der Waals surface area contributed by atoms with Gasteiger partial charge in [-0.25, -0.2) is 4.39 Å². The van der Waals surface area contributed by atoms with Gasteiger partial charge in [0.1, 0.15) is 17.0 Å². The molecule has 0 fully saturated rings. The highest BCUT2D eigenvalue weighted by Crippen LogP contribution is 2.31. The lowest BCUT2D eigenvalue weighted by atomic mass is 10.0. The lowest BCUT2D eigenvalue weighted by Crippen LogP contribution is -2.22. The van der Waals surface area contributed by atoms with E-state index in [-0.39, 0.29) is 12.5 Å². The van der Waals surface area contributed by atoms with Crippen LogP contribution < -0.4 is 5.32 Å². The summed E-state index contributed by atoms with van der Waals surface area (Å²) in [6.07, 6.45) is 0. The number of halogens is 1. The van der Waals surface area contributed by atoms with Gasteiger partial charge in [-0.3, -0.25) is 9.89 Å². The maximum Gasteiger partial charge on any atom is 0.251 e. The van der Waals surface area contributed by atoms with Crippen LogP contribution in [0, 0.1) is 17.1 Å². The molecule has 6 heteroatoms. The summed E-state index contributed by atoms with van der Waals surface area (Å²) < 4.78 is 14.8. The van der Waals surface area contributed by atoms with Crippen molar-refractivity contribution >= 4 is 27.6 Å². The van der Waals surface area contributed by atoms with E-state index in [9.17, 15) is 9.18 Å². The van der Waals surface area contributed by atoms with Crippen LogP contribution in [0.1, 0.15) is 21.5 Å². The summed E-state index contributed by atoms with van der Waals surface area (Å²) in [5, 5.41) is 21.8. The van der Waals surface area contributed by atoms with E-state index in [0.717, 1.165) is 16.3 Å². The van der Waals surface area contributed by atoms with Gasteiger partial charge in [-0.05, 0) is 52.7 Å². The largest absolute Gasteiger partial charge is 0.348 e. The van der Waals surface area contributed by atoms with E-state index in [1.807, 2.05) is 54.6 Å². The SMILES string of the molecule is N#Cc1cccc(C(=O)NCc2cc(F)c3[nH]nc(-c4ccc5ccccc5c4)c3c2)c1. The number of nitriles is 1. The van der Waals surface area contributed by atoms with E-state index in [2.05, 4.69) is 15.5 Å². The Balaban J connectivity index is 1.46. The molecule has 154 valence electrons. The maximum atomic E-state index is 14.8. The quantitative estimate of drug-likeness (QED) is 0.413. The van der Waals surface area contributed by atoms with Crippen LogP contribution in [0.2, 0.25) is 0 Å². The monoisotopic (exact) mass is 420 g/mol. The third-order valence-corrected chi connectivity index (χ3v) is 5.41. The molecular weight excluding hydrogens is 403 g/mol. The smallest absolute Gasteiger partial charge is 0.251 e. The first-order valence-corrected chi connectivity index (χ1v) is 10.1. The minimum Gasteiger partial charge on any atom is -0.348 e. The van der Waals surface area contributed by atoms with E-state index in [1.54, 1.807) is 18.2 Å². The van der Waals surface area contributed by atoms with Crippen molar-refractivity contribution < 1.29 is 9.18 Å². The number of nitrogens with one attached hydrogen (secondary N) is 2. The van der Waals surface area contributed by atoms with Crippen molar-refractivity contribution in [3.63, 3.8) is 0 Å². The molecule has 1 aromatic heterocycles. The maximum absolute atomic E-state index is 14.8. The normalized spacial score (nSPS) is 10.9. The molecule has 0 aliphatic carbocycles. The molecule has 0 atom stereocenters. The summed E-state index contributed by atoms with van der Waals surface area (Å²) in [4.78, 5) is 12.5. The summed E-state index contributed by atoms with van der Waals surface area (Å²) in [7, 11) is 0. The summed E-state index contributed by atoms with van der Waals surface area (Å²) in [6.45, 7) is 0.144. The summed E-state index contributed by atoms with van der Waals surface area (Å²) in [5.74, 6) is -0.762. The third-order valence-electron chi connectivity index (χ3n) is 5.41. The molecule has 0 unspecified atom stereocenters. The molecule has 5 nitrogen and oxygen atoms in total. The highest BCUT2D eigenvalue weighted by Gasteiger charge is 2.14. The Labute approximate surface area is 183 Å². The van der Waals surface area contributed by atoms with E-state index in [4.69, 9.17) is 5.26 Å². The summed E-state index contributed by atoms with van der Waals surface area (Å²) in [5.41, 5.74) is 3.26. The first kappa shape index (κ1) is 19.5. The third kappa shape index (κ3) is 3.57. The summed E-state index contributed by atoms with van der Waals surface area (Å²) in [6, 6.07) is 25.7. The Morgan fingerprint density at radius 3 is 2.69 bits per heavy atom. The minimum atomic E-state index is -0.433. The second kappa shape index (κ2) is 7.97. The number of amides is 1. The van der Waals surface area contributed by atoms with Crippen molar-refractivity contribution in [1.29, 1.82) is 5.26 Å². The van der Waals surface area contributed by atoms with Crippen LogP contribution >= 0.6 is 0 Å². The lowest BCUT2D eigenvalue weighted by Gasteiger charge is -2.07. The number of hydrogen-bond acceptors (Lipinski definition) is 3. The van der Waals surface area contributed by atoms with Gasteiger partial charge in [0.05, 0.1) is 11.6 Å². The minimum absolute atomic E-state index is 0.144. The fourth-order valence-corrected chi connectivity index (χ4v) is 3.81. The Hall–Kier alpha value is -4.50. The zero-order valence-corrected chi connectivity index (χ0v) is 16.9. The van der Waals surface area contributed by atoms with E-state index < -0.39 is 5.82 Å². The molecule has 5 rings (SSSR count). The number of fused-ring (bicyclic) bond motifs is 2. The van der Waals surface area contributed by atoms with Gasteiger partial charge < -0.3 is 5.32 Å². The van der Waals surface area contributed by atoms with Crippen LogP contribution in [-0.4, -0.2) is 16.1 Å². The average molecular weight is 420 g/mol. The van der Waals surface area contributed by atoms with Crippen LogP contribution in [-0.2, 0) is 6.54 Å². The molecule has 1 heterocycles. The van der Waals surface area contributed by atoms with Crippen molar-refractivity contribution in [2.75, 3.05) is 0 Å². The Bertz CT molecular complexity index is 1530. The number of nitrogens with zero attached hydrogens (tertiary/aromatic N) is 2. The van der Waals surface area contributed by atoms with Gasteiger partial charge >= 0.3 is 0 Å². The van der Waals surface area contributed by atoms with Crippen molar-refractivity contribution in [3.05, 3.63) is 101 Å². The number of aromatic amines is 1. The molecule has 0 radical (unpaired) electrons. The summed E-state index contributed by atoms with van der Waals surface area (Å²) >= 11 is 0. The zero-order chi connectivity index (χ0) is 22.1. The Morgan fingerprint density at radius 1 is 1.00 bits per heavy atom. The highest BCUT2D eigenvalue weighted by atomic mass is 19.1. The van der Waals surface area contributed by atoms with Crippen molar-refractivity contribution in [2.24, 2.45) is 0 Å². The van der Waals surface area contributed by atoms with Gasteiger partial charge in [0, 0.05) is 23.1 Å². The topological polar surface area (TPSA) is 81.6 Å². The number of carbonyl (C=O) groups excluding carboxylic acids is 1. The van der Waals surface area contributed by atoms with Crippen LogP contribution in [0.5, 0.6) is 0 Å². The number of rotatable bonds is 4. The molecule has 0 spiro atoms. The molecule has 0 saturated heterocycles. The predicted molar refractivity (Wildman–Crippen MR) is 121 cm³/mol. The van der Waals surface area contributed by atoms with Crippen LogP contribution in [0.4, 0.5) is 4.39 Å². The van der Waals surface area contributed by atoms with Crippen molar-refractivity contribution in [1.82, 2.24) is 15.5 Å². The van der Waals surface area contributed by atoms with E-state index in [0.29, 0.717) is 33.3 Å². The van der Waals surface area contributed by atoms with Crippen LogP contribution in [0.3, 0.4) is 0 Å². The molecule has 1 amide bonds. The van der Waals surface area contributed by atoms with Crippen molar-refractivity contribution in [2.45, 2.75) is 6.54 Å².